The normalized spacial score (nSPS) is 12.5. The van der Waals surface area contributed by atoms with Gasteiger partial charge in [0.15, 0.2) is 0 Å². The first kappa shape index (κ1) is 10.2. The minimum absolute atomic E-state index is 0.349. The summed E-state index contributed by atoms with van der Waals surface area (Å²) >= 11 is 5.82. The summed E-state index contributed by atoms with van der Waals surface area (Å²) in [4.78, 5) is 10.2. The highest BCUT2D eigenvalue weighted by Crippen LogP contribution is 2.16. The van der Waals surface area contributed by atoms with Crippen LogP contribution >= 0.6 is 11.6 Å². The monoisotopic (exact) mass is 198 g/mol. The van der Waals surface area contributed by atoms with E-state index in [1.54, 1.807) is 6.07 Å². The summed E-state index contributed by atoms with van der Waals surface area (Å²) in [7, 11) is 0. The lowest BCUT2D eigenvalue weighted by Crippen LogP contribution is -2.11. The van der Waals surface area contributed by atoms with E-state index in [1.807, 2.05) is 19.1 Å². The summed E-state index contributed by atoms with van der Waals surface area (Å²) in [5, 5.41) is 9.77. The molecule has 0 radical (unpaired) electrons. The number of hydrogen-bond acceptors (Lipinski definition) is 2. The number of rotatable bonds is 3. The lowest BCUT2D eigenvalue weighted by Gasteiger charge is -2.05. The summed E-state index contributed by atoms with van der Waals surface area (Å²) in [6.45, 7) is 1.89. The van der Waals surface area contributed by atoms with Crippen molar-refractivity contribution in [2.24, 2.45) is 0 Å². The van der Waals surface area contributed by atoms with Crippen LogP contribution in [0.4, 0.5) is 0 Å². The van der Waals surface area contributed by atoms with Crippen LogP contribution in [0.1, 0.15) is 11.1 Å². The van der Waals surface area contributed by atoms with Crippen LogP contribution in [0, 0.1) is 6.92 Å². The topological polar surface area (TPSA) is 37.3 Å². The highest BCUT2D eigenvalue weighted by Gasteiger charge is 2.04. The SMILES string of the molecule is Cc1cc(CC(O)C=O)ccc1Cl. The zero-order chi connectivity index (χ0) is 9.84. The molecule has 13 heavy (non-hydrogen) atoms. The predicted molar refractivity (Wildman–Crippen MR) is 52.0 cm³/mol. The van der Waals surface area contributed by atoms with Gasteiger partial charge in [0.2, 0.25) is 0 Å². The van der Waals surface area contributed by atoms with Gasteiger partial charge in [0.1, 0.15) is 12.4 Å². The second-order valence-corrected chi connectivity index (χ2v) is 3.40. The molecule has 1 aromatic rings. The molecule has 0 saturated carbocycles. The van der Waals surface area contributed by atoms with Crippen molar-refractivity contribution >= 4 is 17.9 Å². The minimum Gasteiger partial charge on any atom is -0.385 e. The third-order valence-electron chi connectivity index (χ3n) is 1.82. The van der Waals surface area contributed by atoms with Gasteiger partial charge < -0.3 is 9.90 Å². The number of hydrogen-bond donors (Lipinski definition) is 1. The Bertz CT molecular complexity index is 310. The summed E-state index contributed by atoms with van der Waals surface area (Å²) in [5.74, 6) is 0. The maximum absolute atomic E-state index is 10.2. The fraction of sp³-hybridized carbons (Fsp3) is 0.300. The third-order valence-corrected chi connectivity index (χ3v) is 2.25. The van der Waals surface area contributed by atoms with E-state index in [9.17, 15) is 4.79 Å². The standard InChI is InChI=1S/C10H11ClO2/c1-7-4-8(2-3-10(7)11)5-9(13)6-12/h2-4,6,9,13H,5H2,1H3. The first-order valence-electron chi connectivity index (χ1n) is 4.02. The van der Waals surface area contributed by atoms with Crippen molar-refractivity contribution in [1.29, 1.82) is 0 Å². The van der Waals surface area contributed by atoms with Gasteiger partial charge in [-0.15, -0.1) is 0 Å². The van der Waals surface area contributed by atoms with E-state index in [4.69, 9.17) is 16.7 Å². The molecule has 3 heteroatoms. The molecule has 0 aliphatic rings. The number of carbonyl (C=O) groups is 1. The van der Waals surface area contributed by atoms with Crippen LogP contribution in [0.25, 0.3) is 0 Å². The maximum Gasteiger partial charge on any atom is 0.148 e. The summed E-state index contributed by atoms with van der Waals surface area (Å²) in [5.41, 5.74) is 1.87. The lowest BCUT2D eigenvalue weighted by molar-refractivity contribution is -0.114. The number of benzene rings is 1. The molecule has 1 N–H and O–H groups in total. The van der Waals surface area contributed by atoms with Crippen molar-refractivity contribution < 1.29 is 9.90 Å². The molecule has 0 spiro atoms. The van der Waals surface area contributed by atoms with Crippen molar-refractivity contribution in [1.82, 2.24) is 0 Å². The third kappa shape index (κ3) is 2.83. The number of carbonyl (C=O) groups excluding carboxylic acids is 1. The van der Waals surface area contributed by atoms with Gasteiger partial charge in [-0.3, -0.25) is 0 Å². The number of aryl methyl sites for hydroxylation is 1. The predicted octanol–water partition coefficient (Wildman–Crippen LogP) is 1.75. The van der Waals surface area contributed by atoms with Crippen molar-refractivity contribution in [2.45, 2.75) is 19.4 Å². The Morgan fingerprint density at radius 3 is 2.85 bits per heavy atom. The van der Waals surface area contributed by atoms with E-state index in [1.165, 1.54) is 0 Å². The zero-order valence-corrected chi connectivity index (χ0v) is 8.08. The molecule has 0 fully saturated rings. The average molecular weight is 199 g/mol. The van der Waals surface area contributed by atoms with Gasteiger partial charge >= 0.3 is 0 Å². The number of aliphatic hydroxyl groups is 1. The Balaban J connectivity index is 2.79. The van der Waals surface area contributed by atoms with E-state index >= 15 is 0 Å². The average Bonchev–Trinajstić information content (AvgIpc) is 2.11. The zero-order valence-electron chi connectivity index (χ0n) is 7.33. The summed E-state index contributed by atoms with van der Waals surface area (Å²) < 4.78 is 0. The van der Waals surface area contributed by atoms with Crippen LogP contribution in [0.15, 0.2) is 18.2 Å². The molecule has 1 atom stereocenters. The lowest BCUT2D eigenvalue weighted by atomic mass is 10.1. The number of aliphatic hydroxyl groups excluding tert-OH is 1. The quantitative estimate of drug-likeness (QED) is 0.752. The van der Waals surface area contributed by atoms with Gasteiger partial charge in [0.05, 0.1) is 0 Å². The van der Waals surface area contributed by atoms with Crippen molar-refractivity contribution in [3.05, 3.63) is 34.3 Å². The fourth-order valence-corrected chi connectivity index (χ4v) is 1.24. The van der Waals surface area contributed by atoms with Crippen molar-refractivity contribution in [3.8, 4) is 0 Å². The van der Waals surface area contributed by atoms with Gasteiger partial charge in [-0.1, -0.05) is 23.7 Å². The van der Waals surface area contributed by atoms with Crippen LogP contribution in [0.3, 0.4) is 0 Å². The molecule has 0 amide bonds. The minimum atomic E-state index is -0.916. The summed E-state index contributed by atoms with van der Waals surface area (Å²) in [6, 6.07) is 5.45. The molecule has 0 saturated heterocycles. The Labute approximate surface area is 82.2 Å². The van der Waals surface area contributed by atoms with Gasteiger partial charge in [0, 0.05) is 11.4 Å². The van der Waals surface area contributed by atoms with E-state index < -0.39 is 6.10 Å². The molecule has 0 aliphatic carbocycles. The smallest absolute Gasteiger partial charge is 0.148 e. The Morgan fingerprint density at radius 1 is 1.62 bits per heavy atom. The van der Waals surface area contributed by atoms with Crippen LogP contribution in [-0.4, -0.2) is 17.5 Å². The van der Waals surface area contributed by atoms with Crippen molar-refractivity contribution in [2.75, 3.05) is 0 Å². The molecule has 2 nitrogen and oxygen atoms in total. The number of halogens is 1. The molecule has 1 rings (SSSR count). The molecule has 0 aliphatic heterocycles. The van der Waals surface area contributed by atoms with E-state index in [0.29, 0.717) is 17.7 Å². The fourth-order valence-electron chi connectivity index (χ4n) is 1.12. The Hall–Kier alpha value is -0.860. The van der Waals surface area contributed by atoms with E-state index in [-0.39, 0.29) is 0 Å². The van der Waals surface area contributed by atoms with Gasteiger partial charge in [-0.25, -0.2) is 0 Å². The van der Waals surface area contributed by atoms with E-state index in [2.05, 4.69) is 0 Å². The largest absolute Gasteiger partial charge is 0.385 e. The second kappa shape index (κ2) is 4.40. The first-order chi connectivity index (χ1) is 6.13. The van der Waals surface area contributed by atoms with Crippen LogP contribution in [0.5, 0.6) is 0 Å². The van der Waals surface area contributed by atoms with Gasteiger partial charge in [-0.05, 0) is 24.1 Å². The molecule has 70 valence electrons. The highest BCUT2D eigenvalue weighted by atomic mass is 35.5. The van der Waals surface area contributed by atoms with Crippen LogP contribution in [-0.2, 0) is 11.2 Å². The molecular weight excluding hydrogens is 188 g/mol. The first-order valence-corrected chi connectivity index (χ1v) is 4.39. The Morgan fingerprint density at radius 2 is 2.31 bits per heavy atom. The Kier molecular flexibility index (Phi) is 3.46. The van der Waals surface area contributed by atoms with Crippen LogP contribution < -0.4 is 0 Å². The molecular formula is C10H11ClO2. The van der Waals surface area contributed by atoms with Crippen LogP contribution in [0.2, 0.25) is 5.02 Å². The molecule has 1 unspecified atom stereocenters. The molecule has 0 heterocycles. The molecule has 1 aromatic carbocycles. The highest BCUT2D eigenvalue weighted by molar-refractivity contribution is 6.31. The van der Waals surface area contributed by atoms with E-state index in [0.717, 1.165) is 11.1 Å². The molecule has 0 bridgehead atoms. The van der Waals surface area contributed by atoms with Crippen molar-refractivity contribution in [3.63, 3.8) is 0 Å². The second-order valence-electron chi connectivity index (χ2n) is 2.99. The molecule has 0 aromatic heterocycles. The summed E-state index contributed by atoms with van der Waals surface area (Å²) in [6.07, 6.45) is -0.0357. The van der Waals surface area contributed by atoms with Gasteiger partial charge in [0.25, 0.3) is 0 Å². The van der Waals surface area contributed by atoms with Gasteiger partial charge in [-0.2, -0.15) is 0 Å². The number of aldehydes is 1. The maximum atomic E-state index is 10.2.